The Morgan fingerprint density at radius 3 is 2.80 bits per heavy atom. The van der Waals surface area contributed by atoms with Crippen molar-refractivity contribution in [2.24, 2.45) is 0 Å². The molecule has 0 aliphatic heterocycles. The first kappa shape index (κ1) is 10.8. The highest BCUT2D eigenvalue weighted by atomic mass is 35.5. The molecule has 2 rings (SSSR count). The number of fused-ring (bicyclic) bond motifs is 1. The van der Waals surface area contributed by atoms with E-state index in [9.17, 15) is 0 Å². The maximum Gasteiger partial charge on any atom is 0.204 e. The normalized spacial score (nSPS) is 13.3. The van der Waals surface area contributed by atoms with Gasteiger partial charge in [0.05, 0.1) is 11.0 Å². The molecule has 1 heterocycles. The fraction of sp³-hybridized carbons (Fsp3) is 0.364. The third-order valence-electron chi connectivity index (χ3n) is 2.64. The summed E-state index contributed by atoms with van der Waals surface area (Å²) in [6.45, 7) is 4.25. The largest absolute Gasteiger partial charge is 0.312 e. The highest BCUT2D eigenvalue weighted by molar-refractivity contribution is 6.31. The number of benzene rings is 1. The Balaban J connectivity index is 2.68. The summed E-state index contributed by atoms with van der Waals surface area (Å²) in [5, 5.41) is 1.22. The lowest BCUT2D eigenvalue weighted by atomic mass is 10.2. The summed E-state index contributed by atoms with van der Waals surface area (Å²) in [4.78, 5) is 4.29. The van der Waals surface area contributed by atoms with Gasteiger partial charge in [-0.25, -0.2) is 4.98 Å². The Labute approximate surface area is 98.8 Å². The molecule has 1 aromatic carbocycles. The van der Waals surface area contributed by atoms with Gasteiger partial charge in [0.1, 0.15) is 0 Å². The zero-order chi connectivity index (χ0) is 11.0. The average molecular weight is 243 g/mol. The van der Waals surface area contributed by atoms with Crippen LogP contribution in [0.1, 0.15) is 26.3 Å². The van der Waals surface area contributed by atoms with Crippen LogP contribution in [0.5, 0.6) is 0 Å². The predicted molar refractivity (Wildman–Crippen MR) is 64.8 cm³/mol. The minimum atomic E-state index is 0.351. The van der Waals surface area contributed by atoms with E-state index in [1.165, 1.54) is 0 Å². The summed E-state index contributed by atoms with van der Waals surface area (Å²) in [7, 11) is 0. The van der Waals surface area contributed by atoms with Crippen LogP contribution in [-0.2, 0) is 0 Å². The average Bonchev–Trinajstić information content (AvgIpc) is 2.52. The number of imidazole rings is 1. The van der Waals surface area contributed by atoms with Gasteiger partial charge in [-0.1, -0.05) is 18.5 Å². The molecule has 0 fully saturated rings. The van der Waals surface area contributed by atoms with Crippen molar-refractivity contribution in [1.82, 2.24) is 9.55 Å². The van der Waals surface area contributed by atoms with E-state index in [-0.39, 0.29) is 0 Å². The van der Waals surface area contributed by atoms with Crippen molar-refractivity contribution in [2.75, 3.05) is 0 Å². The van der Waals surface area contributed by atoms with Gasteiger partial charge >= 0.3 is 0 Å². The fourth-order valence-electron chi connectivity index (χ4n) is 1.64. The van der Waals surface area contributed by atoms with E-state index >= 15 is 0 Å². The molecule has 1 atom stereocenters. The number of hydrogen-bond acceptors (Lipinski definition) is 1. The Hall–Kier alpha value is -0.730. The first-order valence-electron chi connectivity index (χ1n) is 4.96. The third-order valence-corrected chi connectivity index (χ3v) is 3.14. The zero-order valence-corrected chi connectivity index (χ0v) is 10.2. The second kappa shape index (κ2) is 4.03. The SMILES string of the molecule is CCC(C)n1c(Cl)nc2cc(Cl)ccc21. The van der Waals surface area contributed by atoms with Crippen LogP contribution in [0.2, 0.25) is 10.3 Å². The molecular formula is C11H12Cl2N2. The number of rotatable bonds is 2. The summed E-state index contributed by atoms with van der Waals surface area (Å²) >= 11 is 12.0. The molecule has 0 spiro atoms. The van der Waals surface area contributed by atoms with Crippen molar-refractivity contribution in [1.29, 1.82) is 0 Å². The van der Waals surface area contributed by atoms with Gasteiger partial charge in [-0.2, -0.15) is 0 Å². The van der Waals surface area contributed by atoms with Crippen LogP contribution in [0.15, 0.2) is 18.2 Å². The molecule has 0 saturated heterocycles. The molecule has 0 aliphatic carbocycles. The summed E-state index contributed by atoms with van der Waals surface area (Å²) in [6, 6.07) is 6.01. The van der Waals surface area contributed by atoms with Crippen LogP contribution >= 0.6 is 23.2 Å². The van der Waals surface area contributed by atoms with E-state index in [1.807, 2.05) is 22.8 Å². The van der Waals surface area contributed by atoms with Gasteiger partial charge in [-0.05, 0) is 43.1 Å². The maximum absolute atomic E-state index is 6.10. The van der Waals surface area contributed by atoms with E-state index in [0.29, 0.717) is 16.3 Å². The maximum atomic E-state index is 6.10. The number of aromatic nitrogens is 2. The van der Waals surface area contributed by atoms with E-state index < -0.39 is 0 Å². The molecule has 4 heteroatoms. The number of hydrogen-bond donors (Lipinski definition) is 0. The minimum Gasteiger partial charge on any atom is -0.312 e. The lowest BCUT2D eigenvalue weighted by Gasteiger charge is -2.12. The molecule has 0 bridgehead atoms. The molecule has 1 unspecified atom stereocenters. The highest BCUT2D eigenvalue weighted by Crippen LogP contribution is 2.27. The van der Waals surface area contributed by atoms with Crippen molar-refractivity contribution in [3.8, 4) is 0 Å². The smallest absolute Gasteiger partial charge is 0.204 e. The van der Waals surface area contributed by atoms with Gasteiger partial charge in [0.2, 0.25) is 5.28 Å². The fourth-order valence-corrected chi connectivity index (χ4v) is 2.16. The molecule has 80 valence electrons. The predicted octanol–water partition coefficient (Wildman–Crippen LogP) is 4.31. The molecular weight excluding hydrogens is 231 g/mol. The van der Waals surface area contributed by atoms with Crippen molar-refractivity contribution in [3.05, 3.63) is 28.5 Å². The number of nitrogens with zero attached hydrogens (tertiary/aromatic N) is 2. The topological polar surface area (TPSA) is 17.8 Å². The lowest BCUT2D eigenvalue weighted by Crippen LogP contribution is -2.03. The monoisotopic (exact) mass is 242 g/mol. The molecule has 2 nitrogen and oxygen atoms in total. The summed E-state index contributed by atoms with van der Waals surface area (Å²) in [5.41, 5.74) is 1.89. The Morgan fingerprint density at radius 1 is 1.40 bits per heavy atom. The van der Waals surface area contributed by atoms with Gasteiger partial charge in [0, 0.05) is 11.1 Å². The molecule has 0 saturated carbocycles. The Bertz CT molecular complexity index is 491. The summed E-state index contributed by atoms with van der Waals surface area (Å²) < 4.78 is 2.03. The van der Waals surface area contributed by atoms with Crippen molar-refractivity contribution < 1.29 is 0 Å². The Kier molecular flexibility index (Phi) is 2.89. The van der Waals surface area contributed by atoms with Crippen molar-refractivity contribution >= 4 is 34.2 Å². The van der Waals surface area contributed by atoms with Crippen LogP contribution in [0.25, 0.3) is 11.0 Å². The second-order valence-electron chi connectivity index (χ2n) is 3.64. The van der Waals surface area contributed by atoms with Gasteiger partial charge in [0.25, 0.3) is 0 Å². The quantitative estimate of drug-likeness (QED) is 0.768. The van der Waals surface area contributed by atoms with Gasteiger partial charge < -0.3 is 4.57 Å². The van der Waals surface area contributed by atoms with Gasteiger partial charge in [0.15, 0.2) is 0 Å². The summed E-state index contributed by atoms with van der Waals surface area (Å²) in [5.74, 6) is 0. The lowest BCUT2D eigenvalue weighted by molar-refractivity contribution is 0.545. The molecule has 0 radical (unpaired) electrons. The molecule has 0 aliphatic rings. The third kappa shape index (κ3) is 1.84. The minimum absolute atomic E-state index is 0.351. The van der Waals surface area contributed by atoms with Gasteiger partial charge in [-0.15, -0.1) is 0 Å². The van der Waals surface area contributed by atoms with Crippen molar-refractivity contribution in [2.45, 2.75) is 26.3 Å². The standard InChI is InChI=1S/C11H12Cl2N2/c1-3-7(2)15-10-5-4-8(12)6-9(10)14-11(15)13/h4-7H,3H2,1-2H3. The molecule has 2 aromatic rings. The van der Waals surface area contributed by atoms with Crippen LogP contribution in [-0.4, -0.2) is 9.55 Å². The molecule has 15 heavy (non-hydrogen) atoms. The molecule has 0 amide bonds. The number of halogens is 2. The molecule has 1 aromatic heterocycles. The zero-order valence-electron chi connectivity index (χ0n) is 8.67. The highest BCUT2D eigenvalue weighted by Gasteiger charge is 2.12. The van der Waals surface area contributed by atoms with E-state index in [1.54, 1.807) is 0 Å². The second-order valence-corrected chi connectivity index (χ2v) is 4.42. The van der Waals surface area contributed by atoms with Crippen molar-refractivity contribution in [3.63, 3.8) is 0 Å². The van der Waals surface area contributed by atoms with Crippen LogP contribution < -0.4 is 0 Å². The van der Waals surface area contributed by atoms with E-state index in [0.717, 1.165) is 17.5 Å². The first-order chi connectivity index (χ1) is 7.13. The molecule has 0 N–H and O–H groups in total. The van der Waals surface area contributed by atoms with E-state index in [2.05, 4.69) is 18.8 Å². The first-order valence-corrected chi connectivity index (χ1v) is 5.72. The van der Waals surface area contributed by atoms with Crippen LogP contribution in [0, 0.1) is 0 Å². The van der Waals surface area contributed by atoms with Crippen LogP contribution in [0.3, 0.4) is 0 Å². The summed E-state index contributed by atoms with van der Waals surface area (Å²) in [6.07, 6.45) is 1.02. The van der Waals surface area contributed by atoms with E-state index in [4.69, 9.17) is 23.2 Å². The van der Waals surface area contributed by atoms with Crippen LogP contribution in [0.4, 0.5) is 0 Å². The Morgan fingerprint density at radius 2 is 2.13 bits per heavy atom. The van der Waals surface area contributed by atoms with Gasteiger partial charge in [-0.3, -0.25) is 0 Å².